The van der Waals surface area contributed by atoms with Crippen molar-refractivity contribution in [1.82, 2.24) is 15.4 Å². The van der Waals surface area contributed by atoms with E-state index in [-0.39, 0.29) is 36.5 Å². The Labute approximate surface area is 129 Å². The Morgan fingerprint density at radius 1 is 1.55 bits per heavy atom. The molecule has 0 spiro atoms. The van der Waals surface area contributed by atoms with Gasteiger partial charge in [-0.05, 0) is 18.8 Å². The smallest absolute Gasteiger partial charge is 0.292 e. The van der Waals surface area contributed by atoms with Gasteiger partial charge in [0.25, 0.3) is 5.91 Å². The molecule has 7 nitrogen and oxygen atoms in total. The Balaban J connectivity index is 2.07. The van der Waals surface area contributed by atoms with Crippen LogP contribution in [0.1, 0.15) is 55.3 Å². The zero-order valence-electron chi connectivity index (χ0n) is 13.3. The highest BCUT2D eigenvalue weighted by molar-refractivity contribution is 5.91. The van der Waals surface area contributed by atoms with Gasteiger partial charge in [-0.15, -0.1) is 0 Å². The number of aliphatic hydroxyl groups is 1. The topological polar surface area (TPSA) is 95.7 Å². The number of amides is 2. The standard InChI is InChI=1S/C15H23N3O4/c1-10(2)11-7-12(22-17-11)14(20)18-6-4-5-15(21,9-18)8-13(19)16-3/h7,10,21H,4-6,8-9H2,1-3H3,(H,16,19). The molecule has 7 heteroatoms. The molecule has 1 saturated heterocycles. The molecule has 2 rings (SSSR count). The minimum Gasteiger partial charge on any atom is -0.388 e. The molecule has 122 valence electrons. The summed E-state index contributed by atoms with van der Waals surface area (Å²) in [5.74, 6) is -0.183. The molecule has 0 radical (unpaired) electrons. The number of nitrogens with one attached hydrogen (secondary N) is 1. The maximum absolute atomic E-state index is 12.5. The van der Waals surface area contributed by atoms with E-state index >= 15 is 0 Å². The van der Waals surface area contributed by atoms with E-state index in [9.17, 15) is 14.7 Å². The molecule has 1 atom stereocenters. The number of carbonyl (C=O) groups is 2. The molecule has 0 aliphatic carbocycles. The summed E-state index contributed by atoms with van der Waals surface area (Å²) in [5.41, 5.74) is -0.462. The highest BCUT2D eigenvalue weighted by Gasteiger charge is 2.38. The van der Waals surface area contributed by atoms with Crippen molar-refractivity contribution in [2.45, 2.75) is 44.6 Å². The third kappa shape index (κ3) is 3.65. The fourth-order valence-corrected chi connectivity index (χ4v) is 2.63. The van der Waals surface area contributed by atoms with Gasteiger partial charge in [0, 0.05) is 19.7 Å². The second kappa shape index (κ2) is 6.48. The number of nitrogens with zero attached hydrogens (tertiary/aromatic N) is 2. The zero-order chi connectivity index (χ0) is 16.3. The van der Waals surface area contributed by atoms with Gasteiger partial charge in [-0.3, -0.25) is 9.59 Å². The van der Waals surface area contributed by atoms with Crippen molar-refractivity contribution in [3.63, 3.8) is 0 Å². The largest absolute Gasteiger partial charge is 0.388 e. The highest BCUT2D eigenvalue weighted by Crippen LogP contribution is 2.26. The predicted molar refractivity (Wildman–Crippen MR) is 79.4 cm³/mol. The van der Waals surface area contributed by atoms with E-state index in [1.165, 1.54) is 11.9 Å². The highest BCUT2D eigenvalue weighted by atomic mass is 16.5. The van der Waals surface area contributed by atoms with Crippen LogP contribution in [0, 0.1) is 0 Å². The van der Waals surface area contributed by atoms with E-state index in [1.54, 1.807) is 6.07 Å². The van der Waals surface area contributed by atoms with E-state index in [1.807, 2.05) is 13.8 Å². The number of likely N-dealkylation sites (tertiary alicyclic amines) is 1. The van der Waals surface area contributed by atoms with Gasteiger partial charge in [0.2, 0.25) is 11.7 Å². The average Bonchev–Trinajstić information content (AvgIpc) is 2.96. The monoisotopic (exact) mass is 309 g/mol. The molecule has 1 unspecified atom stereocenters. The summed E-state index contributed by atoms with van der Waals surface area (Å²) in [6.07, 6.45) is 1.13. The van der Waals surface area contributed by atoms with Crippen molar-refractivity contribution in [1.29, 1.82) is 0 Å². The summed E-state index contributed by atoms with van der Waals surface area (Å²) in [4.78, 5) is 25.5. The molecule has 22 heavy (non-hydrogen) atoms. The minimum absolute atomic E-state index is 0.0130. The Bertz CT molecular complexity index is 555. The fraction of sp³-hybridized carbons (Fsp3) is 0.667. The first kappa shape index (κ1) is 16.5. The second-order valence-corrected chi connectivity index (χ2v) is 6.18. The Morgan fingerprint density at radius 3 is 2.86 bits per heavy atom. The van der Waals surface area contributed by atoms with Crippen LogP contribution in [-0.2, 0) is 4.79 Å². The Kier molecular flexibility index (Phi) is 4.85. The van der Waals surface area contributed by atoms with E-state index in [0.29, 0.717) is 19.4 Å². The molecule has 2 heterocycles. The lowest BCUT2D eigenvalue weighted by atomic mass is 9.89. The van der Waals surface area contributed by atoms with Crippen LogP contribution >= 0.6 is 0 Å². The van der Waals surface area contributed by atoms with E-state index < -0.39 is 5.60 Å². The summed E-state index contributed by atoms with van der Waals surface area (Å²) in [5, 5.41) is 16.9. The lowest BCUT2D eigenvalue weighted by molar-refractivity contribution is -0.127. The van der Waals surface area contributed by atoms with Crippen molar-refractivity contribution in [3.8, 4) is 0 Å². The predicted octanol–water partition coefficient (Wildman–Crippen LogP) is 0.901. The van der Waals surface area contributed by atoms with E-state index in [0.717, 1.165) is 5.69 Å². The van der Waals surface area contributed by atoms with Gasteiger partial charge in [-0.25, -0.2) is 0 Å². The van der Waals surface area contributed by atoms with Crippen LogP contribution < -0.4 is 5.32 Å². The fourth-order valence-electron chi connectivity index (χ4n) is 2.63. The third-order valence-corrected chi connectivity index (χ3v) is 3.94. The first-order chi connectivity index (χ1) is 10.3. The number of β-amino-alcohol motifs (C(OH)–C–C–N with tert-alkyl or cyclic N) is 1. The number of hydrogen-bond donors (Lipinski definition) is 2. The van der Waals surface area contributed by atoms with Crippen LogP contribution in [0.15, 0.2) is 10.6 Å². The van der Waals surface area contributed by atoms with Crippen molar-refractivity contribution in [3.05, 3.63) is 17.5 Å². The van der Waals surface area contributed by atoms with Crippen molar-refractivity contribution < 1.29 is 19.2 Å². The lowest BCUT2D eigenvalue weighted by Gasteiger charge is -2.38. The van der Waals surface area contributed by atoms with Crippen LogP contribution in [-0.4, -0.2) is 52.7 Å². The van der Waals surface area contributed by atoms with Gasteiger partial charge >= 0.3 is 0 Å². The average molecular weight is 309 g/mol. The van der Waals surface area contributed by atoms with Crippen LogP contribution in [0.25, 0.3) is 0 Å². The van der Waals surface area contributed by atoms with Gasteiger partial charge in [0.15, 0.2) is 0 Å². The Hall–Kier alpha value is -1.89. The van der Waals surface area contributed by atoms with E-state index in [4.69, 9.17) is 4.52 Å². The molecular formula is C15H23N3O4. The summed E-state index contributed by atoms with van der Waals surface area (Å²) >= 11 is 0. The molecule has 1 aromatic rings. The van der Waals surface area contributed by atoms with Crippen molar-refractivity contribution in [2.75, 3.05) is 20.1 Å². The van der Waals surface area contributed by atoms with Crippen molar-refractivity contribution in [2.24, 2.45) is 0 Å². The molecule has 0 aromatic carbocycles. The number of rotatable bonds is 4. The molecule has 0 bridgehead atoms. The first-order valence-corrected chi connectivity index (χ1v) is 7.53. The second-order valence-electron chi connectivity index (χ2n) is 6.18. The van der Waals surface area contributed by atoms with Gasteiger partial charge in [0.1, 0.15) is 0 Å². The SMILES string of the molecule is CNC(=O)CC1(O)CCCN(C(=O)c2cc(C(C)C)no2)C1. The molecule has 1 aromatic heterocycles. The zero-order valence-corrected chi connectivity index (χ0v) is 13.3. The van der Waals surface area contributed by atoms with Gasteiger partial charge < -0.3 is 19.8 Å². The molecule has 1 fully saturated rings. The summed E-state index contributed by atoms with van der Waals surface area (Å²) in [6.45, 7) is 4.59. The quantitative estimate of drug-likeness (QED) is 0.861. The van der Waals surface area contributed by atoms with Crippen LogP contribution in [0.3, 0.4) is 0 Å². The maximum atomic E-state index is 12.5. The molecule has 1 aliphatic heterocycles. The van der Waals surface area contributed by atoms with Crippen LogP contribution in [0.2, 0.25) is 0 Å². The first-order valence-electron chi connectivity index (χ1n) is 7.53. The maximum Gasteiger partial charge on any atom is 0.292 e. The molecule has 0 saturated carbocycles. The number of aromatic nitrogens is 1. The van der Waals surface area contributed by atoms with Gasteiger partial charge in [0.05, 0.1) is 24.3 Å². The van der Waals surface area contributed by atoms with E-state index in [2.05, 4.69) is 10.5 Å². The number of hydrogen-bond acceptors (Lipinski definition) is 5. The lowest BCUT2D eigenvalue weighted by Crippen LogP contribution is -2.52. The third-order valence-electron chi connectivity index (χ3n) is 3.94. The molecule has 2 amide bonds. The Morgan fingerprint density at radius 2 is 2.27 bits per heavy atom. The molecule has 2 N–H and O–H groups in total. The number of piperidine rings is 1. The van der Waals surface area contributed by atoms with Crippen molar-refractivity contribution >= 4 is 11.8 Å². The van der Waals surface area contributed by atoms with Gasteiger partial charge in [-0.1, -0.05) is 19.0 Å². The van der Waals surface area contributed by atoms with Crippen LogP contribution in [0.5, 0.6) is 0 Å². The molecule has 1 aliphatic rings. The molecular weight excluding hydrogens is 286 g/mol. The van der Waals surface area contributed by atoms with Gasteiger partial charge in [-0.2, -0.15) is 0 Å². The summed E-state index contributed by atoms with van der Waals surface area (Å²) in [6, 6.07) is 1.64. The minimum atomic E-state index is -1.19. The summed E-state index contributed by atoms with van der Waals surface area (Å²) in [7, 11) is 1.53. The number of carbonyl (C=O) groups excluding carboxylic acids is 2. The summed E-state index contributed by atoms with van der Waals surface area (Å²) < 4.78 is 5.11. The normalized spacial score (nSPS) is 22.0. The van der Waals surface area contributed by atoms with Crippen LogP contribution in [0.4, 0.5) is 0 Å².